The number of aromatic nitrogens is 3. The van der Waals surface area contributed by atoms with Gasteiger partial charge in [0, 0.05) is 24.3 Å². The summed E-state index contributed by atoms with van der Waals surface area (Å²) in [7, 11) is 0. The van der Waals surface area contributed by atoms with Crippen molar-refractivity contribution in [3.05, 3.63) is 40.1 Å². The Morgan fingerprint density at radius 1 is 1.33 bits per heavy atom. The number of anilines is 1. The Balaban J connectivity index is 1.78. The highest BCUT2D eigenvalue weighted by Gasteiger charge is 2.08. The van der Waals surface area contributed by atoms with E-state index in [9.17, 15) is 4.79 Å². The fourth-order valence-electron chi connectivity index (χ4n) is 1.70. The van der Waals surface area contributed by atoms with Crippen LogP contribution >= 0.6 is 23.2 Å². The van der Waals surface area contributed by atoms with Crippen molar-refractivity contribution in [2.24, 2.45) is 0 Å². The molecule has 21 heavy (non-hydrogen) atoms. The van der Waals surface area contributed by atoms with Gasteiger partial charge in [0.15, 0.2) is 0 Å². The number of hydrogen-bond donors (Lipinski definition) is 2. The smallest absolute Gasteiger partial charge is 0.319 e. The van der Waals surface area contributed by atoms with E-state index in [1.54, 1.807) is 29.2 Å². The molecular formula is C13H15Cl2N5O. The van der Waals surface area contributed by atoms with Gasteiger partial charge < -0.3 is 10.6 Å². The van der Waals surface area contributed by atoms with E-state index in [0.29, 0.717) is 28.8 Å². The Hall–Kier alpha value is -1.79. The van der Waals surface area contributed by atoms with E-state index < -0.39 is 0 Å². The van der Waals surface area contributed by atoms with Crippen LogP contribution in [0.1, 0.15) is 12.0 Å². The van der Waals surface area contributed by atoms with Gasteiger partial charge >= 0.3 is 6.03 Å². The average Bonchev–Trinajstić information content (AvgIpc) is 2.94. The number of hydrogen-bond acceptors (Lipinski definition) is 3. The van der Waals surface area contributed by atoms with Gasteiger partial charge in [-0.25, -0.2) is 4.79 Å². The van der Waals surface area contributed by atoms with Crippen molar-refractivity contribution in [1.82, 2.24) is 20.3 Å². The molecule has 0 fully saturated rings. The fourth-order valence-corrected chi connectivity index (χ4v) is 2.13. The van der Waals surface area contributed by atoms with Gasteiger partial charge in [0.25, 0.3) is 0 Å². The molecule has 0 saturated heterocycles. The monoisotopic (exact) mass is 327 g/mol. The molecule has 0 aliphatic heterocycles. The summed E-state index contributed by atoms with van der Waals surface area (Å²) in [4.78, 5) is 11.8. The molecule has 8 heteroatoms. The van der Waals surface area contributed by atoms with Crippen LogP contribution in [-0.2, 0) is 6.54 Å². The molecule has 0 aliphatic carbocycles. The lowest BCUT2D eigenvalue weighted by atomic mass is 10.2. The molecule has 0 aliphatic rings. The maximum Gasteiger partial charge on any atom is 0.319 e. The molecule has 0 saturated carbocycles. The van der Waals surface area contributed by atoms with Crippen LogP contribution in [-0.4, -0.2) is 27.6 Å². The van der Waals surface area contributed by atoms with E-state index in [1.165, 1.54) is 0 Å². The van der Waals surface area contributed by atoms with Crippen molar-refractivity contribution in [1.29, 1.82) is 0 Å². The second-order valence-corrected chi connectivity index (χ2v) is 5.30. The molecule has 6 nitrogen and oxygen atoms in total. The van der Waals surface area contributed by atoms with Crippen molar-refractivity contribution in [3.63, 3.8) is 0 Å². The molecular weight excluding hydrogens is 313 g/mol. The van der Waals surface area contributed by atoms with Crippen LogP contribution in [0.25, 0.3) is 0 Å². The number of rotatable bonds is 5. The Labute approximate surface area is 132 Å². The first-order valence-corrected chi connectivity index (χ1v) is 7.16. The lowest BCUT2D eigenvalue weighted by Crippen LogP contribution is -2.30. The summed E-state index contributed by atoms with van der Waals surface area (Å²) in [5, 5.41) is 14.0. The largest absolute Gasteiger partial charge is 0.338 e. The quantitative estimate of drug-likeness (QED) is 0.829. The second kappa shape index (κ2) is 7.28. The maximum absolute atomic E-state index is 11.8. The Morgan fingerprint density at radius 3 is 2.86 bits per heavy atom. The number of benzene rings is 1. The summed E-state index contributed by atoms with van der Waals surface area (Å²) in [6.45, 7) is 3.06. The predicted molar refractivity (Wildman–Crippen MR) is 82.9 cm³/mol. The molecule has 2 rings (SSSR count). The molecule has 2 amide bonds. The van der Waals surface area contributed by atoms with E-state index in [4.69, 9.17) is 23.2 Å². The summed E-state index contributed by atoms with van der Waals surface area (Å²) in [6, 6.07) is 3.02. The van der Waals surface area contributed by atoms with Gasteiger partial charge in [-0.2, -0.15) is 0 Å². The highest BCUT2D eigenvalue weighted by atomic mass is 35.5. The van der Waals surface area contributed by atoms with Crippen LogP contribution in [0.15, 0.2) is 24.5 Å². The number of aryl methyl sites for hydroxylation is 2. The summed E-state index contributed by atoms with van der Waals surface area (Å²) in [5.41, 5.74) is 1.35. The molecule has 0 radical (unpaired) electrons. The third-order valence-electron chi connectivity index (χ3n) is 2.82. The minimum absolute atomic E-state index is 0.324. The van der Waals surface area contributed by atoms with Crippen LogP contribution in [0.4, 0.5) is 10.5 Å². The first-order valence-electron chi connectivity index (χ1n) is 6.41. The number of carbonyl (C=O) groups is 1. The molecule has 1 aromatic carbocycles. The Morgan fingerprint density at radius 2 is 2.14 bits per heavy atom. The minimum atomic E-state index is -0.324. The Kier molecular flexibility index (Phi) is 5.41. The number of amides is 2. The average molecular weight is 328 g/mol. The summed E-state index contributed by atoms with van der Waals surface area (Å²) in [6.07, 6.45) is 4.14. The molecule has 1 heterocycles. The van der Waals surface area contributed by atoms with Crippen LogP contribution < -0.4 is 10.6 Å². The van der Waals surface area contributed by atoms with Gasteiger partial charge in [-0.15, -0.1) is 5.10 Å². The van der Waals surface area contributed by atoms with Crippen molar-refractivity contribution < 1.29 is 4.79 Å². The maximum atomic E-state index is 11.8. The molecule has 0 bridgehead atoms. The Bertz CT molecular complexity index is 615. The van der Waals surface area contributed by atoms with Gasteiger partial charge in [0.05, 0.1) is 16.9 Å². The topological polar surface area (TPSA) is 71.8 Å². The predicted octanol–water partition coefficient (Wildman–Crippen LogP) is 3.11. The number of carbonyl (C=O) groups excluding carboxylic acids is 1. The van der Waals surface area contributed by atoms with Gasteiger partial charge in [0.2, 0.25) is 0 Å². The number of urea groups is 1. The molecule has 2 aromatic rings. The zero-order valence-electron chi connectivity index (χ0n) is 11.4. The van der Waals surface area contributed by atoms with E-state index in [0.717, 1.165) is 12.0 Å². The molecule has 112 valence electrons. The third-order valence-corrected chi connectivity index (χ3v) is 3.54. The fraction of sp³-hybridized carbons (Fsp3) is 0.308. The van der Waals surface area contributed by atoms with Gasteiger partial charge in [-0.1, -0.05) is 28.4 Å². The first-order chi connectivity index (χ1) is 10.1. The summed E-state index contributed by atoms with van der Waals surface area (Å²) in [5.74, 6) is 0. The van der Waals surface area contributed by atoms with Crippen molar-refractivity contribution >= 4 is 34.9 Å². The number of halogens is 2. The summed E-state index contributed by atoms with van der Waals surface area (Å²) < 4.78 is 1.70. The van der Waals surface area contributed by atoms with Gasteiger partial charge in [0.1, 0.15) is 0 Å². The standard InChI is InChI=1S/C13H15Cl2N5O/c1-9-7-11(15)12(8-10(9)14)18-13(21)16-3-2-5-20-6-4-17-19-20/h4,6-8H,2-3,5H2,1H3,(H2,16,18,21). The molecule has 0 spiro atoms. The summed E-state index contributed by atoms with van der Waals surface area (Å²) >= 11 is 12.1. The van der Waals surface area contributed by atoms with Crippen molar-refractivity contribution in [2.45, 2.75) is 19.9 Å². The molecule has 0 atom stereocenters. The van der Waals surface area contributed by atoms with Crippen molar-refractivity contribution in [3.8, 4) is 0 Å². The SMILES string of the molecule is Cc1cc(Cl)c(NC(=O)NCCCn2ccnn2)cc1Cl. The van der Waals surface area contributed by atoms with Crippen molar-refractivity contribution in [2.75, 3.05) is 11.9 Å². The van der Waals surface area contributed by atoms with Crippen LogP contribution in [0.3, 0.4) is 0 Å². The third kappa shape index (κ3) is 4.61. The minimum Gasteiger partial charge on any atom is -0.338 e. The first kappa shape index (κ1) is 15.6. The molecule has 0 unspecified atom stereocenters. The van der Waals surface area contributed by atoms with E-state index in [-0.39, 0.29) is 6.03 Å². The van der Waals surface area contributed by atoms with E-state index >= 15 is 0 Å². The highest BCUT2D eigenvalue weighted by molar-refractivity contribution is 6.36. The lowest BCUT2D eigenvalue weighted by molar-refractivity contribution is 0.251. The van der Waals surface area contributed by atoms with Gasteiger partial charge in [-0.05, 0) is 31.0 Å². The van der Waals surface area contributed by atoms with E-state index in [1.807, 2.05) is 6.92 Å². The van der Waals surface area contributed by atoms with Crippen LogP contribution in [0.5, 0.6) is 0 Å². The second-order valence-electron chi connectivity index (χ2n) is 4.48. The lowest BCUT2D eigenvalue weighted by Gasteiger charge is -2.10. The molecule has 1 aromatic heterocycles. The number of nitrogens with one attached hydrogen (secondary N) is 2. The zero-order chi connectivity index (χ0) is 15.2. The van der Waals surface area contributed by atoms with Crippen LogP contribution in [0.2, 0.25) is 10.0 Å². The highest BCUT2D eigenvalue weighted by Crippen LogP contribution is 2.28. The van der Waals surface area contributed by atoms with Crippen LogP contribution in [0, 0.1) is 6.92 Å². The zero-order valence-corrected chi connectivity index (χ0v) is 12.9. The number of nitrogens with zero attached hydrogens (tertiary/aromatic N) is 3. The van der Waals surface area contributed by atoms with E-state index in [2.05, 4.69) is 20.9 Å². The molecule has 2 N–H and O–H groups in total. The normalized spacial score (nSPS) is 10.4. The van der Waals surface area contributed by atoms with Gasteiger partial charge in [-0.3, -0.25) is 4.68 Å².